The van der Waals surface area contributed by atoms with Crippen LogP contribution in [0.2, 0.25) is 0 Å². The molecule has 3 atom stereocenters. The summed E-state index contributed by atoms with van der Waals surface area (Å²) in [6, 6.07) is 8.18. The minimum atomic E-state index is -2.71. The molecule has 1 heterocycles. The van der Waals surface area contributed by atoms with Crippen molar-refractivity contribution in [3.05, 3.63) is 35.9 Å². The Morgan fingerprint density at radius 2 is 2.00 bits per heavy atom. The molecular formula is C14H14F3NO3. The van der Waals surface area contributed by atoms with E-state index in [1.54, 1.807) is 30.3 Å². The molecule has 1 aromatic carbocycles. The van der Waals surface area contributed by atoms with Crippen molar-refractivity contribution >= 4 is 12.0 Å². The number of amides is 2. The first-order valence-corrected chi connectivity index (χ1v) is 6.42. The summed E-state index contributed by atoms with van der Waals surface area (Å²) in [5, 5.41) is 0. The van der Waals surface area contributed by atoms with E-state index >= 15 is 0 Å². The van der Waals surface area contributed by atoms with Crippen LogP contribution in [0.3, 0.4) is 0 Å². The van der Waals surface area contributed by atoms with Crippen molar-refractivity contribution in [2.75, 3.05) is 13.3 Å². The first-order chi connectivity index (χ1) is 10.0. The van der Waals surface area contributed by atoms with Gasteiger partial charge in [0.2, 0.25) is 6.17 Å². The predicted molar refractivity (Wildman–Crippen MR) is 67.9 cm³/mol. The average Bonchev–Trinajstić information content (AvgIpc) is 2.86. The number of carbonyl (C=O) groups is 2. The average molecular weight is 301 g/mol. The first-order valence-electron chi connectivity index (χ1n) is 6.42. The molecule has 4 nitrogen and oxygen atoms in total. The van der Waals surface area contributed by atoms with Gasteiger partial charge in [0.05, 0.1) is 6.04 Å². The quantitative estimate of drug-likeness (QED) is 0.838. The maximum atomic E-state index is 13.5. The molecule has 21 heavy (non-hydrogen) atoms. The van der Waals surface area contributed by atoms with E-state index in [9.17, 15) is 22.8 Å². The number of cyclic esters (lactones) is 1. The standard InChI is InChI=1S/C14H14F3NO3/c15-7-11(16)12(17)13(19)18-10(8-21-14(18)20)6-9-4-2-1-3-5-9/h1-5,10-12H,6-8H2. The van der Waals surface area contributed by atoms with Crippen LogP contribution in [0.15, 0.2) is 30.3 Å². The molecule has 2 rings (SSSR count). The van der Waals surface area contributed by atoms with Gasteiger partial charge in [0.15, 0.2) is 6.17 Å². The third-order valence-corrected chi connectivity index (χ3v) is 3.21. The Hall–Kier alpha value is -2.05. The minimum Gasteiger partial charge on any atom is -0.447 e. The largest absolute Gasteiger partial charge is 0.447 e. The van der Waals surface area contributed by atoms with E-state index < -0.39 is 37.1 Å². The molecule has 0 saturated carbocycles. The number of hydrogen-bond donors (Lipinski definition) is 0. The number of nitrogens with zero attached hydrogens (tertiary/aromatic N) is 1. The van der Waals surface area contributed by atoms with Crippen molar-refractivity contribution in [1.29, 1.82) is 0 Å². The summed E-state index contributed by atoms with van der Waals surface area (Å²) in [7, 11) is 0. The monoisotopic (exact) mass is 301 g/mol. The van der Waals surface area contributed by atoms with Crippen LogP contribution in [0.25, 0.3) is 0 Å². The van der Waals surface area contributed by atoms with Gasteiger partial charge < -0.3 is 4.74 Å². The van der Waals surface area contributed by atoms with Crippen molar-refractivity contribution in [3.8, 4) is 0 Å². The Balaban J connectivity index is 2.11. The van der Waals surface area contributed by atoms with Crippen molar-refractivity contribution in [2.24, 2.45) is 0 Å². The van der Waals surface area contributed by atoms with E-state index in [1.807, 2.05) is 0 Å². The lowest BCUT2D eigenvalue weighted by Gasteiger charge is -2.22. The second kappa shape index (κ2) is 6.60. The molecule has 114 valence electrons. The minimum absolute atomic E-state index is 0.0984. The zero-order valence-corrected chi connectivity index (χ0v) is 11.0. The lowest BCUT2D eigenvalue weighted by molar-refractivity contribution is -0.137. The van der Waals surface area contributed by atoms with E-state index in [0.29, 0.717) is 4.90 Å². The topological polar surface area (TPSA) is 46.6 Å². The van der Waals surface area contributed by atoms with E-state index in [1.165, 1.54) is 0 Å². The zero-order valence-electron chi connectivity index (χ0n) is 11.0. The molecule has 1 aliphatic heterocycles. The number of carbonyl (C=O) groups excluding carboxylic acids is 2. The third kappa shape index (κ3) is 3.34. The van der Waals surface area contributed by atoms with Crippen LogP contribution in [0.4, 0.5) is 18.0 Å². The molecule has 0 spiro atoms. The van der Waals surface area contributed by atoms with E-state index in [-0.39, 0.29) is 13.0 Å². The molecule has 1 saturated heterocycles. The van der Waals surface area contributed by atoms with Crippen molar-refractivity contribution < 1.29 is 27.5 Å². The molecule has 0 radical (unpaired) electrons. The summed E-state index contributed by atoms with van der Waals surface area (Å²) in [5.74, 6) is -1.40. The van der Waals surface area contributed by atoms with Gasteiger partial charge in [0.1, 0.15) is 13.3 Å². The molecule has 2 amide bonds. The Morgan fingerprint density at radius 1 is 1.33 bits per heavy atom. The summed E-state index contributed by atoms with van der Waals surface area (Å²) in [6.07, 6.45) is -6.06. The van der Waals surface area contributed by atoms with E-state index in [2.05, 4.69) is 0 Å². The summed E-state index contributed by atoms with van der Waals surface area (Å²) in [5.41, 5.74) is 0.816. The Morgan fingerprint density at radius 3 is 2.62 bits per heavy atom. The molecule has 1 fully saturated rings. The summed E-state index contributed by atoms with van der Waals surface area (Å²) in [4.78, 5) is 23.9. The highest BCUT2D eigenvalue weighted by atomic mass is 19.2. The second-order valence-electron chi connectivity index (χ2n) is 4.70. The van der Waals surface area contributed by atoms with Crippen LogP contribution in [-0.2, 0) is 16.0 Å². The Kier molecular flexibility index (Phi) is 4.82. The fourth-order valence-corrected chi connectivity index (χ4v) is 2.13. The number of benzene rings is 1. The van der Waals surface area contributed by atoms with Crippen molar-refractivity contribution in [3.63, 3.8) is 0 Å². The number of imide groups is 1. The third-order valence-electron chi connectivity index (χ3n) is 3.21. The predicted octanol–water partition coefficient (Wildman–Crippen LogP) is 2.22. The molecule has 7 heteroatoms. The summed E-state index contributed by atoms with van der Waals surface area (Å²) >= 11 is 0. The van der Waals surface area contributed by atoms with Gasteiger partial charge in [-0.1, -0.05) is 30.3 Å². The van der Waals surface area contributed by atoms with Crippen molar-refractivity contribution in [2.45, 2.75) is 24.8 Å². The number of halogens is 3. The number of alkyl halides is 3. The van der Waals surface area contributed by atoms with Gasteiger partial charge in [-0.25, -0.2) is 22.9 Å². The van der Waals surface area contributed by atoms with Gasteiger partial charge in [-0.15, -0.1) is 0 Å². The molecule has 1 aromatic rings. The van der Waals surface area contributed by atoms with Crippen LogP contribution in [0.5, 0.6) is 0 Å². The zero-order chi connectivity index (χ0) is 15.4. The molecule has 0 aliphatic carbocycles. The van der Waals surface area contributed by atoms with Crippen molar-refractivity contribution in [1.82, 2.24) is 4.90 Å². The Labute approximate surface area is 119 Å². The molecule has 0 aromatic heterocycles. The number of ether oxygens (including phenoxy) is 1. The van der Waals surface area contributed by atoms with Crippen LogP contribution in [-0.4, -0.2) is 48.6 Å². The van der Waals surface area contributed by atoms with Crippen LogP contribution in [0, 0.1) is 0 Å². The SMILES string of the molecule is O=C1OCC(Cc2ccccc2)N1C(=O)C(F)C(F)CF. The lowest BCUT2D eigenvalue weighted by Crippen LogP contribution is -2.47. The molecule has 0 N–H and O–H groups in total. The molecule has 0 bridgehead atoms. The van der Waals surface area contributed by atoms with Crippen LogP contribution in [0.1, 0.15) is 5.56 Å². The van der Waals surface area contributed by atoms with Gasteiger partial charge in [-0.2, -0.15) is 0 Å². The van der Waals surface area contributed by atoms with Gasteiger partial charge in [0, 0.05) is 0 Å². The normalized spacial score (nSPS) is 21.0. The maximum Gasteiger partial charge on any atom is 0.417 e. The summed E-state index contributed by atoms with van der Waals surface area (Å²) in [6.45, 7) is -1.72. The molecule has 3 unspecified atom stereocenters. The highest BCUT2D eigenvalue weighted by molar-refractivity contribution is 5.96. The van der Waals surface area contributed by atoms with Crippen LogP contribution >= 0.6 is 0 Å². The maximum absolute atomic E-state index is 13.5. The van der Waals surface area contributed by atoms with Gasteiger partial charge >= 0.3 is 6.09 Å². The number of rotatable bonds is 5. The van der Waals surface area contributed by atoms with E-state index in [4.69, 9.17) is 4.74 Å². The fraction of sp³-hybridized carbons (Fsp3) is 0.429. The lowest BCUT2D eigenvalue weighted by atomic mass is 10.1. The van der Waals surface area contributed by atoms with Gasteiger partial charge in [-0.3, -0.25) is 4.79 Å². The highest BCUT2D eigenvalue weighted by Gasteiger charge is 2.43. The van der Waals surface area contributed by atoms with Crippen LogP contribution < -0.4 is 0 Å². The highest BCUT2D eigenvalue weighted by Crippen LogP contribution is 2.20. The summed E-state index contributed by atoms with van der Waals surface area (Å²) < 4.78 is 43.3. The van der Waals surface area contributed by atoms with E-state index in [0.717, 1.165) is 5.56 Å². The smallest absolute Gasteiger partial charge is 0.417 e. The second-order valence-corrected chi connectivity index (χ2v) is 4.70. The fourth-order valence-electron chi connectivity index (χ4n) is 2.13. The van der Waals surface area contributed by atoms with Gasteiger partial charge in [-0.05, 0) is 12.0 Å². The van der Waals surface area contributed by atoms with Gasteiger partial charge in [0.25, 0.3) is 5.91 Å². The molecule has 1 aliphatic rings. The Bertz CT molecular complexity index is 511. The first kappa shape index (κ1) is 15.3. The number of hydrogen-bond acceptors (Lipinski definition) is 3. The molecular weight excluding hydrogens is 287 g/mol.